The quantitative estimate of drug-likeness (QED) is 0.858. The van der Waals surface area contributed by atoms with Crippen LogP contribution in [0.1, 0.15) is 24.2 Å². The lowest BCUT2D eigenvalue weighted by Crippen LogP contribution is -2.26. The first-order chi connectivity index (χ1) is 10.4. The van der Waals surface area contributed by atoms with Crippen molar-refractivity contribution in [2.75, 3.05) is 6.54 Å². The summed E-state index contributed by atoms with van der Waals surface area (Å²) in [5.74, 6) is -0.475. The molecule has 0 heterocycles. The van der Waals surface area contributed by atoms with Crippen LogP contribution in [0.2, 0.25) is 0 Å². The summed E-state index contributed by atoms with van der Waals surface area (Å²) in [6, 6.07) is 12.0. The molecule has 1 unspecified atom stereocenters. The highest BCUT2D eigenvalue weighted by Gasteiger charge is 2.13. The molecule has 0 amide bonds. The molecule has 0 aliphatic heterocycles. The van der Waals surface area contributed by atoms with Crippen LogP contribution in [0.3, 0.4) is 0 Å². The first-order valence-electron chi connectivity index (χ1n) is 6.90. The van der Waals surface area contributed by atoms with E-state index in [4.69, 9.17) is 0 Å². The van der Waals surface area contributed by atoms with E-state index in [0.29, 0.717) is 6.42 Å². The number of nitrogens with one attached hydrogen (secondary N) is 1. The van der Waals surface area contributed by atoms with Gasteiger partial charge < -0.3 is 5.11 Å². The highest BCUT2D eigenvalue weighted by Crippen LogP contribution is 2.13. The molecule has 2 aromatic carbocycles. The zero-order chi connectivity index (χ0) is 16.2. The molecule has 1 atom stereocenters. The van der Waals surface area contributed by atoms with Gasteiger partial charge in [0.25, 0.3) is 0 Å². The standard InChI is InChI=1S/C16H18FNO3S/c1-12(19)14-4-2-13(3-5-14)10-11-18-22(20,21)16-8-6-15(17)7-9-16/h2-9,12,18-19H,10-11H2,1H3. The molecule has 4 nitrogen and oxygen atoms in total. The van der Waals surface area contributed by atoms with E-state index in [1.165, 1.54) is 12.1 Å². The number of aliphatic hydroxyl groups is 1. The van der Waals surface area contributed by atoms with Crippen molar-refractivity contribution in [1.82, 2.24) is 4.72 Å². The molecular formula is C16H18FNO3S. The van der Waals surface area contributed by atoms with Crippen molar-refractivity contribution in [2.24, 2.45) is 0 Å². The predicted octanol–water partition coefficient (Wildman–Crippen LogP) is 2.40. The third-order valence-electron chi connectivity index (χ3n) is 3.29. The minimum atomic E-state index is -3.63. The van der Waals surface area contributed by atoms with Crippen LogP contribution in [0, 0.1) is 5.82 Å². The zero-order valence-corrected chi connectivity index (χ0v) is 13.0. The van der Waals surface area contributed by atoms with Crippen molar-refractivity contribution in [3.63, 3.8) is 0 Å². The summed E-state index contributed by atoms with van der Waals surface area (Å²) < 4.78 is 39.3. The average molecular weight is 323 g/mol. The van der Waals surface area contributed by atoms with Gasteiger partial charge in [-0.3, -0.25) is 0 Å². The Balaban J connectivity index is 1.93. The van der Waals surface area contributed by atoms with Gasteiger partial charge in [-0.2, -0.15) is 0 Å². The summed E-state index contributed by atoms with van der Waals surface area (Å²) in [6.07, 6.45) is 0.00609. The number of hydrogen-bond acceptors (Lipinski definition) is 3. The normalized spacial score (nSPS) is 13.0. The molecule has 2 rings (SSSR count). The van der Waals surface area contributed by atoms with E-state index >= 15 is 0 Å². The first-order valence-corrected chi connectivity index (χ1v) is 8.39. The van der Waals surface area contributed by atoms with Crippen molar-refractivity contribution in [2.45, 2.75) is 24.3 Å². The van der Waals surface area contributed by atoms with Crippen LogP contribution in [0.25, 0.3) is 0 Å². The van der Waals surface area contributed by atoms with Gasteiger partial charge in [-0.05, 0) is 48.7 Å². The van der Waals surface area contributed by atoms with Gasteiger partial charge in [-0.15, -0.1) is 0 Å². The molecule has 0 aromatic heterocycles. The second-order valence-corrected chi connectivity index (χ2v) is 6.79. The summed E-state index contributed by atoms with van der Waals surface area (Å²) >= 11 is 0. The van der Waals surface area contributed by atoms with Crippen LogP contribution in [-0.2, 0) is 16.4 Å². The van der Waals surface area contributed by atoms with Gasteiger partial charge in [-0.25, -0.2) is 17.5 Å². The van der Waals surface area contributed by atoms with Crippen molar-refractivity contribution >= 4 is 10.0 Å². The van der Waals surface area contributed by atoms with E-state index in [2.05, 4.69) is 4.72 Å². The molecule has 0 bridgehead atoms. The van der Waals surface area contributed by atoms with Gasteiger partial charge >= 0.3 is 0 Å². The van der Waals surface area contributed by atoms with Crippen LogP contribution in [0.15, 0.2) is 53.4 Å². The van der Waals surface area contributed by atoms with E-state index in [-0.39, 0.29) is 11.4 Å². The molecule has 6 heteroatoms. The largest absolute Gasteiger partial charge is 0.389 e. The second kappa shape index (κ2) is 7.00. The molecular weight excluding hydrogens is 305 g/mol. The molecule has 118 valence electrons. The average Bonchev–Trinajstić information content (AvgIpc) is 2.48. The fourth-order valence-electron chi connectivity index (χ4n) is 1.99. The molecule has 0 aliphatic carbocycles. The number of benzene rings is 2. The van der Waals surface area contributed by atoms with Gasteiger partial charge in [0.1, 0.15) is 5.82 Å². The maximum atomic E-state index is 12.8. The molecule has 0 radical (unpaired) electrons. The van der Waals surface area contributed by atoms with E-state index < -0.39 is 21.9 Å². The number of rotatable bonds is 6. The third kappa shape index (κ3) is 4.37. The lowest BCUT2D eigenvalue weighted by molar-refractivity contribution is 0.199. The Morgan fingerprint density at radius 2 is 1.68 bits per heavy atom. The number of sulfonamides is 1. The Labute approximate surface area is 129 Å². The molecule has 22 heavy (non-hydrogen) atoms. The number of aliphatic hydroxyl groups excluding tert-OH is 1. The molecule has 0 aliphatic rings. The van der Waals surface area contributed by atoms with Gasteiger partial charge in [-0.1, -0.05) is 24.3 Å². The first kappa shape index (κ1) is 16.6. The number of halogens is 1. The summed E-state index contributed by atoms with van der Waals surface area (Å²) in [5.41, 5.74) is 1.78. The molecule has 2 N–H and O–H groups in total. The molecule has 0 spiro atoms. The van der Waals surface area contributed by atoms with E-state index in [1.807, 2.05) is 24.3 Å². The minimum absolute atomic E-state index is 0.0401. The topological polar surface area (TPSA) is 66.4 Å². The smallest absolute Gasteiger partial charge is 0.240 e. The Morgan fingerprint density at radius 1 is 1.09 bits per heavy atom. The lowest BCUT2D eigenvalue weighted by atomic mass is 10.1. The van der Waals surface area contributed by atoms with Crippen molar-refractivity contribution in [3.05, 3.63) is 65.5 Å². The summed E-state index contributed by atoms with van der Waals surface area (Å²) in [5, 5.41) is 9.42. The zero-order valence-electron chi connectivity index (χ0n) is 12.2. The minimum Gasteiger partial charge on any atom is -0.389 e. The van der Waals surface area contributed by atoms with E-state index in [0.717, 1.165) is 23.3 Å². The summed E-state index contributed by atoms with van der Waals surface area (Å²) in [6.45, 7) is 1.93. The Kier molecular flexibility index (Phi) is 5.28. The maximum Gasteiger partial charge on any atom is 0.240 e. The van der Waals surface area contributed by atoms with Crippen molar-refractivity contribution in [3.8, 4) is 0 Å². The number of hydrogen-bond donors (Lipinski definition) is 2. The molecule has 0 fully saturated rings. The van der Waals surface area contributed by atoms with Crippen LogP contribution >= 0.6 is 0 Å². The SMILES string of the molecule is CC(O)c1ccc(CCNS(=O)(=O)c2ccc(F)cc2)cc1. The van der Waals surface area contributed by atoms with E-state index in [1.54, 1.807) is 6.92 Å². The van der Waals surface area contributed by atoms with Gasteiger partial charge in [0.15, 0.2) is 0 Å². The monoisotopic (exact) mass is 323 g/mol. The molecule has 0 saturated carbocycles. The maximum absolute atomic E-state index is 12.8. The Bertz CT molecular complexity index is 710. The second-order valence-electron chi connectivity index (χ2n) is 5.02. The van der Waals surface area contributed by atoms with Crippen LogP contribution < -0.4 is 4.72 Å². The highest BCUT2D eigenvalue weighted by molar-refractivity contribution is 7.89. The predicted molar refractivity (Wildman–Crippen MR) is 82.4 cm³/mol. The van der Waals surface area contributed by atoms with Crippen LogP contribution in [0.5, 0.6) is 0 Å². The van der Waals surface area contributed by atoms with Crippen molar-refractivity contribution < 1.29 is 17.9 Å². The fourth-order valence-corrected chi connectivity index (χ4v) is 3.02. The van der Waals surface area contributed by atoms with Gasteiger partial charge in [0, 0.05) is 6.54 Å². The third-order valence-corrected chi connectivity index (χ3v) is 4.77. The molecule has 2 aromatic rings. The Morgan fingerprint density at radius 3 is 2.23 bits per heavy atom. The van der Waals surface area contributed by atoms with E-state index in [9.17, 15) is 17.9 Å². The molecule has 0 saturated heterocycles. The summed E-state index contributed by atoms with van der Waals surface area (Å²) in [7, 11) is -3.63. The van der Waals surface area contributed by atoms with Crippen molar-refractivity contribution in [1.29, 1.82) is 0 Å². The Hall–Kier alpha value is -1.76. The van der Waals surface area contributed by atoms with Gasteiger partial charge in [0.05, 0.1) is 11.0 Å². The van der Waals surface area contributed by atoms with Gasteiger partial charge in [0.2, 0.25) is 10.0 Å². The van der Waals surface area contributed by atoms with Crippen LogP contribution in [0.4, 0.5) is 4.39 Å². The van der Waals surface area contributed by atoms with Crippen LogP contribution in [-0.4, -0.2) is 20.1 Å². The lowest BCUT2D eigenvalue weighted by Gasteiger charge is -2.08. The fraction of sp³-hybridized carbons (Fsp3) is 0.250. The highest BCUT2D eigenvalue weighted by atomic mass is 32.2. The summed E-state index contributed by atoms with van der Waals surface area (Å²) in [4.78, 5) is 0.0401.